The Morgan fingerprint density at radius 3 is 1.50 bits per heavy atom. The number of halogens is 2. The summed E-state index contributed by atoms with van der Waals surface area (Å²) in [7, 11) is 0. The molecule has 0 bridgehead atoms. The highest BCUT2D eigenvalue weighted by molar-refractivity contribution is 9.10. The number of nitrogens with zero attached hydrogens (tertiary/aromatic N) is 2. The van der Waals surface area contributed by atoms with E-state index in [1.807, 2.05) is 38.1 Å². The van der Waals surface area contributed by atoms with E-state index in [1.165, 1.54) is 0 Å². The van der Waals surface area contributed by atoms with Gasteiger partial charge >= 0.3 is 0 Å². The third-order valence-corrected chi connectivity index (χ3v) is 5.99. The minimum Gasteiger partial charge on any atom is -0.320 e. The minimum atomic E-state index is -0.340. The van der Waals surface area contributed by atoms with Crippen molar-refractivity contribution in [2.45, 2.75) is 13.8 Å². The molecular formula is C18H12Br2N4O2. The van der Waals surface area contributed by atoms with Crippen LogP contribution >= 0.6 is 31.9 Å². The number of hydrogen-bond donors (Lipinski definition) is 2. The monoisotopic (exact) mass is 474 g/mol. The average molecular weight is 476 g/mol. The highest BCUT2D eigenvalue weighted by atomic mass is 79.9. The van der Waals surface area contributed by atoms with Gasteiger partial charge in [0.25, 0.3) is 11.8 Å². The fourth-order valence-electron chi connectivity index (χ4n) is 2.87. The molecule has 0 aliphatic carbocycles. The zero-order chi connectivity index (χ0) is 18.6. The van der Waals surface area contributed by atoms with E-state index in [2.05, 4.69) is 52.7 Å². The lowest BCUT2D eigenvalue weighted by atomic mass is 10.1. The highest BCUT2D eigenvalue weighted by Gasteiger charge is 2.29. The van der Waals surface area contributed by atoms with Crippen molar-refractivity contribution in [3.63, 3.8) is 0 Å². The van der Waals surface area contributed by atoms with Crippen LogP contribution in [0, 0.1) is 13.8 Å². The molecule has 6 nitrogen and oxygen atoms in total. The van der Waals surface area contributed by atoms with Gasteiger partial charge in [-0.2, -0.15) is 0 Å². The molecule has 0 aromatic heterocycles. The van der Waals surface area contributed by atoms with Crippen LogP contribution in [0.25, 0.3) is 0 Å². The summed E-state index contributed by atoms with van der Waals surface area (Å²) in [6, 6.07) is 7.38. The standard InChI is InChI=1S/C18H12Br2N4O2/c1-7-3-9-13(5-11(7)19)21-17(25)15(9)23-24-16-10-4-8(2)12(20)6-14(10)22-18(16)26/h3-6H,1-2H3,(H,21,23,25)(H,22,24,26). The molecule has 0 saturated heterocycles. The second-order valence-electron chi connectivity index (χ2n) is 6.10. The first-order chi connectivity index (χ1) is 12.3. The molecule has 2 heterocycles. The number of nitrogens with one attached hydrogen (secondary N) is 2. The second kappa shape index (κ2) is 6.14. The molecule has 2 amide bonds. The van der Waals surface area contributed by atoms with Gasteiger partial charge in [0.2, 0.25) is 0 Å². The first-order valence-corrected chi connectivity index (χ1v) is 9.33. The van der Waals surface area contributed by atoms with Crippen LogP contribution in [-0.4, -0.2) is 23.2 Å². The summed E-state index contributed by atoms with van der Waals surface area (Å²) in [5.74, 6) is -0.681. The SMILES string of the molecule is Cc1cc2c(cc1Br)NC(=O)/C2=N\N=C1/C(=O)Nc2cc(Br)c(C)cc21. The van der Waals surface area contributed by atoms with Crippen molar-refractivity contribution in [2.24, 2.45) is 10.2 Å². The largest absolute Gasteiger partial charge is 0.320 e. The van der Waals surface area contributed by atoms with Gasteiger partial charge in [0.15, 0.2) is 11.4 Å². The molecular weight excluding hydrogens is 464 g/mol. The van der Waals surface area contributed by atoms with Gasteiger partial charge in [-0.3, -0.25) is 9.59 Å². The number of fused-ring (bicyclic) bond motifs is 2. The van der Waals surface area contributed by atoms with Crippen molar-refractivity contribution in [1.82, 2.24) is 0 Å². The van der Waals surface area contributed by atoms with E-state index in [0.29, 0.717) is 22.5 Å². The Hall–Kier alpha value is -2.32. The summed E-state index contributed by atoms with van der Waals surface area (Å²) in [6.07, 6.45) is 0. The molecule has 2 aromatic carbocycles. The van der Waals surface area contributed by atoms with Crippen molar-refractivity contribution < 1.29 is 9.59 Å². The molecule has 2 aliphatic rings. The summed E-state index contributed by atoms with van der Waals surface area (Å²) in [5.41, 5.74) is 5.02. The van der Waals surface area contributed by atoms with Crippen molar-refractivity contribution in [3.8, 4) is 0 Å². The van der Waals surface area contributed by atoms with Crippen molar-refractivity contribution in [2.75, 3.05) is 10.6 Å². The lowest BCUT2D eigenvalue weighted by Crippen LogP contribution is -2.16. The summed E-state index contributed by atoms with van der Waals surface area (Å²) in [5, 5.41) is 13.7. The minimum absolute atomic E-state index is 0.193. The predicted octanol–water partition coefficient (Wildman–Crippen LogP) is 3.93. The van der Waals surface area contributed by atoms with Crippen molar-refractivity contribution in [3.05, 3.63) is 55.5 Å². The van der Waals surface area contributed by atoms with Crippen molar-refractivity contribution >= 4 is 66.5 Å². The molecule has 26 heavy (non-hydrogen) atoms. The van der Waals surface area contributed by atoms with E-state index >= 15 is 0 Å². The highest BCUT2D eigenvalue weighted by Crippen LogP contribution is 2.32. The molecule has 0 spiro atoms. The van der Waals surface area contributed by atoms with Crippen LogP contribution in [0.15, 0.2) is 43.4 Å². The molecule has 0 atom stereocenters. The van der Waals surface area contributed by atoms with E-state index < -0.39 is 0 Å². The summed E-state index contributed by atoms with van der Waals surface area (Å²) in [6.45, 7) is 3.86. The summed E-state index contributed by atoms with van der Waals surface area (Å²) in [4.78, 5) is 24.5. The first-order valence-electron chi connectivity index (χ1n) is 7.74. The van der Waals surface area contributed by atoms with Gasteiger partial charge in [0, 0.05) is 20.1 Å². The van der Waals surface area contributed by atoms with E-state index in [9.17, 15) is 9.59 Å². The van der Waals surface area contributed by atoms with Crippen LogP contribution in [0.3, 0.4) is 0 Å². The molecule has 130 valence electrons. The number of carbonyl (C=O) groups excluding carboxylic acids is 2. The molecule has 8 heteroatoms. The molecule has 0 saturated carbocycles. The maximum atomic E-state index is 12.3. The molecule has 0 unspecified atom stereocenters. The molecule has 2 N–H and O–H groups in total. The molecule has 2 aliphatic heterocycles. The topological polar surface area (TPSA) is 82.9 Å². The third-order valence-electron chi connectivity index (χ3n) is 4.28. The molecule has 2 aromatic rings. The number of benzene rings is 2. The van der Waals surface area contributed by atoms with Crippen LogP contribution in [-0.2, 0) is 9.59 Å². The summed E-state index contributed by atoms with van der Waals surface area (Å²) < 4.78 is 1.79. The van der Waals surface area contributed by atoms with E-state index in [0.717, 1.165) is 20.1 Å². The Labute approximate surface area is 166 Å². The fourth-order valence-corrected chi connectivity index (χ4v) is 3.55. The van der Waals surface area contributed by atoms with Crippen LogP contribution in [0.2, 0.25) is 0 Å². The maximum Gasteiger partial charge on any atom is 0.276 e. The van der Waals surface area contributed by atoms with E-state index in [4.69, 9.17) is 0 Å². The second-order valence-corrected chi connectivity index (χ2v) is 7.81. The fraction of sp³-hybridized carbons (Fsp3) is 0.111. The number of carbonyl (C=O) groups is 2. The zero-order valence-electron chi connectivity index (χ0n) is 13.8. The normalized spacial score (nSPS) is 18.2. The Kier molecular flexibility index (Phi) is 4.04. The Bertz CT molecular complexity index is 988. The Morgan fingerprint density at radius 1 is 0.731 bits per heavy atom. The van der Waals surface area contributed by atoms with Crippen LogP contribution < -0.4 is 10.6 Å². The van der Waals surface area contributed by atoms with Gasteiger partial charge in [-0.05, 0) is 49.2 Å². The number of anilines is 2. The summed E-state index contributed by atoms with van der Waals surface area (Å²) >= 11 is 6.89. The van der Waals surface area contributed by atoms with Gasteiger partial charge in [0.1, 0.15) is 0 Å². The third kappa shape index (κ3) is 2.69. The van der Waals surface area contributed by atoms with Gasteiger partial charge in [-0.15, -0.1) is 10.2 Å². The lowest BCUT2D eigenvalue weighted by Gasteiger charge is -2.02. The van der Waals surface area contributed by atoms with Gasteiger partial charge in [-0.25, -0.2) is 0 Å². The van der Waals surface area contributed by atoms with Crippen LogP contribution in [0.4, 0.5) is 11.4 Å². The van der Waals surface area contributed by atoms with Gasteiger partial charge in [0.05, 0.1) is 11.4 Å². The smallest absolute Gasteiger partial charge is 0.276 e. The van der Waals surface area contributed by atoms with Crippen molar-refractivity contribution in [1.29, 1.82) is 0 Å². The van der Waals surface area contributed by atoms with E-state index in [1.54, 1.807) is 0 Å². The maximum absolute atomic E-state index is 12.3. The van der Waals surface area contributed by atoms with Crippen LogP contribution in [0.5, 0.6) is 0 Å². The lowest BCUT2D eigenvalue weighted by molar-refractivity contribution is -0.111. The number of hydrogen-bond acceptors (Lipinski definition) is 4. The Balaban J connectivity index is 1.80. The first kappa shape index (κ1) is 17.1. The van der Waals surface area contributed by atoms with Gasteiger partial charge in [-0.1, -0.05) is 31.9 Å². The van der Waals surface area contributed by atoms with E-state index in [-0.39, 0.29) is 23.2 Å². The number of aryl methyl sites for hydroxylation is 2. The predicted molar refractivity (Wildman–Crippen MR) is 108 cm³/mol. The Morgan fingerprint density at radius 2 is 1.12 bits per heavy atom. The van der Waals surface area contributed by atoms with Crippen LogP contribution in [0.1, 0.15) is 22.3 Å². The molecule has 0 radical (unpaired) electrons. The number of rotatable bonds is 1. The zero-order valence-corrected chi connectivity index (χ0v) is 16.9. The molecule has 0 fully saturated rings. The molecule has 4 rings (SSSR count). The van der Waals surface area contributed by atoms with Gasteiger partial charge < -0.3 is 10.6 Å². The number of amides is 2. The average Bonchev–Trinajstić information content (AvgIpc) is 3.03. The quantitative estimate of drug-likeness (QED) is 0.612.